The maximum absolute atomic E-state index is 13.9. The molecule has 11 heteroatoms. The number of carbonyl (C=O) groups excluding carboxylic acids is 2. The van der Waals surface area contributed by atoms with Crippen LogP contribution in [0.5, 0.6) is 5.88 Å². The summed E-state index contributed by atoms with van der Waals surface area (Å²) in [5.74, 6) is 0.0119. The quantitative estimate of drug-likeness (QED) is 0.598. The Morgan fingerprint density at radius 2 is 2.22 bits per heavy atom. The minimum Gasteiger partial charge on any atom is -0.465 e. The Kier molecular flexibility index (Phi) is 5.35. The molecule has 3 N–H and O–H groups in total. The fourth-order valence-electron chi connectivity index (χ4n) is 4.26. The largest absolute Gasteiger partial charge is 0.465 e. The number of hydrogen-bond acceptors (Lipinski definition) is 8. The summed E-state index contributed by atoms with van der Waals surface area (Å²) in [5.41, 5.74) is 1.72. The lowest BCUT2D eigenvalue weighted by molar-refractivity contribution is -0.118. The second-order valence-electron chi connectivity index (χ2n) is 8.12. The van der Waals surface area contributed by atoms with Gasteiger partial charge in [-0.1, -0.05) is 12.1 Å². The van der Waals surface area contributed by atoms with E-state index in [4.69, 9.17) is 9.47 Å². The van der Waals surface area contributed by atoms with Crippen molar-refractivity contribution in [1.82, 2.24) is 15.3 Å². The first-order valence-electron chi connectivity index (χ1n) is 10.4. The van der Waals surface area contributed by atoms with Crippen molar-refractivity contribution in [3.8, 4) is 5.88 Å². The lowest BCUT2D eigenvalue weighted by atomic mass is 10.1. The highest BCUT2D eigenvalue weighted by Gasteiger charge is 2.35. The van der Waals surface area contributed by atoms with Crippen molar-refractivity contribution in [2.75, 3.05) is 29.9 Å². The number of rotatable bonds is 6. The molecular formula is C21H22FN5O5. The van der Waals surface area contributed by atoms with Gasteiger partial charge in [-0.05, 0) is 30.0 Å². The summed E-state index contributed by atoms with van der Waals surface area (Å²) in [6.45, 7) is 0.358. The number of benzene rings is 1. The Morgan fingerprint density at radius 1 is 1.34 bits per heavy atom. The zero-order chi connectivity index (χ0) is 22.2. The number of nitrogens with one attached hydrogen (secondary N) is 2. The molecule has 1 aliphatic carbocycles. The van der Waals surface area contributed by atoms with E-state index in [2.05, 4.69) is 20.6 Å². The van der Waals surface area contributed by atoms with Gasteiger partial charge in [-0.15, -0.1) is 0 Å². The monoisotopic (exact) mass is 443 g/mol. The summed E-state index contributed by atoms with van der Waals surface area (Å²) < 4.78 is 24.4. The summed E-state index contributed by atoms with van der Waals surface area (Å²) in [7, 11) is 0. The highest BCUT2D eigenvalue weighted by molar-refractivity contribution is 5.94. The number of aromatic nitrogens is 2. The minimum absolute atomic E-state index is 0.0578. The van der Waals surface area contributed by atoms with Crippen molar-refractivity contribution in [2.24, 2.45) is 0 Å². The molecule has 2 aromatic rings. The number of cyclic esters (lactones) is 1. The summed E-state index contributed by atoms with van der Waals surface area (Å²) in [6.07, 6.45) is 1.02. The van der Waals surface area contributed by atoms with E-state index in [0.29, 0.717) is 19.4 Å². The van der Waals surface area contributed by atoms with Crippen molar-refractivity contribution >= 4 is 23.6 Å². The number of fused-ring (bicyclic) bond motifs is 2. The zero-order valence-corrected chi connectivity index (χ0v) is 17.1. The van der Waals surface area contributed by atoms with Gasteiger partial charge in [0.05, 0.1) is 18.8 Å². The minimum atomic E-state index is -0.747. The van der Waals surface area contributed by atoms with E-state index in [1.807, 2.05) is 6.07 Å². The van der Waals surface area contributed by atoms with Crippen molar-refractivity contribution in [2.45, 2.75) is 37.5 Å². The van der Waals surface area contributed by atoms with Crippen molar-refractivity contribution in [3.05, 3.63) is 41.3 Å². The molecule has 1 aromatic carbocycles. The van der Waals surface area contributed by atoms with Crippen molar-refractivity contribution in [3.63, 3.8) is 0 Å². The lowest BCUT2D eigenvalue weighted by Crippen LogP contribution is -2.38. The summed E-state index contributed by atoms with van der Waals surface area (Å²) >= 11 is 0. The standard InChI is InChI=1S/C21H22FN5O5/c22-16-3-1-2-11-4-12(5-15(11)16)23-7-13(28)6-14-9-27(21(30)32-14)17-8-24-20-19(25-17)26-18(29)10-31-20/h1-3,8,12-14,23,28H,4-7,9-10H2,(H,25,26,29). The number of hydrogen-bond donors (Lipinski definition) is 3. The van der Waals surface area contributed by atoms with Crippen LogP contribution in [0.1, 0.15) is 17.5 Å². The Morgan fingerprint density at radius 3 is 3.06 bits per heavy atom. The van der Waals surface area contributed by atoms with Crippen LogP contribution < -0.4 is 20.3 Å². The first kappa shape index (κ1) is 20.6. The van der Waals surface area contributed by atoms with Gasteiger partial charge in [0, 0.05) is 19.0 Å². The summed E-state index contributed by atoms with van der Waals surface area (Å²) in [4.78, 5) is 33.4. The number of amides is 2. The van der Waals surface area contributed by atoms with E-state index in [-0.39, 0.29) is 54.9 Å². The number of anilines is 2. The third-order valence-corrected chi connectivity index (χ3v) is 5.78. The van der Waals surface area contributed by atoms with Gasteiger partial charge in [0.15, 0.2) is 18.2 Å². The molecule has 32 heavy (non-hydrogen) atoms. The number of aliphatic hydroxyl groups is 1. The molecule has 168 valence electrons. The van der Waals surface area contributed by atoms with Crippen LogP contribution in [0.15, 0.2) is 24.4 Å². The Bertz CT molecular complexity index is 1070. The lowest BCUT2D eigenvalue weighted by Gasteiger charge is -2.19. The van der Waals surface area contributed by atoms with E-state index in [9.17, 15) is 19.1 Å². The second kappa shape index (κ2) is 8.32. The van der Waals surface area contributed by atoms with Crippen LogP contribution in [0.4, 0.5) is 20.8 Å². The number of aliphatic hydroxyl groups excluding tert-OH is 1. The summed E-state index contributed by atoms with van der Waals surface area (Å²) in [6, 6.07) is 5.15. The van der Waals surface area contributed by atoms with Gasteiger partial charge in [0.25, 0.3) is 11.8 Å². The average Bonchev–Trinajstić information content (AvgIpc) is 3.35. The fourth-order valence-corrected chi connectivity index (χ4v) is 4.26. The second-order valence-corrected chi connectivity index (χ2v) is 8.12. The highest BCUT2D eigenvalue weighted by Crippen LogP contribution is 2.28. The molecular weight excluding hydrogens is 421 g/mol. The van der Waals surface area contributed by atoms with Crippen LogP contribution in [0.2, 0.25) is 0 Å². The van der Waals surface area contributed by atoms with Gasteiger partial charge in [0.1, 0.15) is 11.9 Å². The molecule has 0 spiro atoms. The molecule has 0 radical (unpaired) electrons. The molecule has 3 unspecified atom stereocenters. The number of nitrogens with zero attached hydrogens (tertiary/aromatic N) is 3. The molecule has 0 bridgehead atoms. The Labute approximate surface area is 182 Å². The Balaban J connectivity index is 1.14. The molecule has 3 heterocycles. The van der Waals surface area contributed by atoms with Crippen LogP contribution in [0.3, 0.4) is 0 Å². The Hall–Kier alpha value is -3.31. The molecule has 5 rings (SSSR count). The van der Waals surface area contributed by atoms with Crippen LogP contribution in [0, 0.1) is 5.82 Å². The van der Waals surface area contributed by atoms with Crippen molar-refractivity contribution < 1.29 is 28.6 Å². The first-order valence-corrected chi connectivity index (χ1v) is 10.4. The van der Waals surface area contributed by atoms with E-state index >= 15 is 0 Å². The van der Waals surface area contributed by atoms with Crippen molar-refractivity contribution in [1.29, 1.82) is 0 Å². The predicted molar refractivity (Wildman–Crippen MR) is 110 cm³/mol. The molecule has 2 aliphatic heterocycles. The predicted octanol–water partition coefficient (Wildman–Crippen LogP) is 0.780. The van der Waals surface area contributed by atoms with Crippen LogP contribution in [-0.2, 0) is 22.4 Å². The normalized spacial score (nSPS) is 22.6. The van der Waals surface area contributed by atoms with Gasteiger partial charge in [0.2, 0.25) is 0 Å². The molecule has 0 saturated carbocycles. The molecule has 3 aliphatic rings. The van der Waals surface area contributed by atoms with Gasteiger partial charge in [-0.2, -0.15) is 0 Å². The molecule has 1 aromatic heterocycles. The molecule has 2 amide bonds. The molecule has 3 atom stereocenters. The third-order valence-electron chi connectivity index (χ3n) is 5.78. The number of halogens is 1. The zero-order valence-electron chi connectivity index (χ0n) is 17.1. The van der Waals surface area contributed by atoms with Gasteiger partial charge in [-0.25, -0.2) is 19.2 Å². The third kappa shape index (κ3) is 4.08. The van der Waals surface area contributed by atoms with Crippen LogP contribution in [0.25, 0.3) is 0 Å². The van der Waals surface area contributed by atoms with E-state index in [1.54, 1.807) is 6.07 Å². The molecule has 1 saturated heterocycles. The topological polar surface area (TPSA) is 126 Å². The van der Waals surface area contributed by atoms with Gasteiger partial charge >= 0.3 is 6.09 Å². The SMILES string of the molecule is O=C1COc2ncc(N3CC(CC(O)CNC4Cc5cccc(F)c5C4)OC3=O)nc2N1. The maximum atomic E-state index is 13.9. The number of carbonyl (C=O) groups is 2. The smallest absolute Gasteiger partial charge is 0.415 e. The molecule has 10 nitrogen and oxygen atoms in total. The van der Waals surface area contributed by atoms with Crippen LogP contribution in [-0.4, -0.2) is 65.0 Å². The van der Waals surface area contributed by atoms with E-state index in [1.165, 1.54) is 17.2 Å². The average molecular weight is 443 g/mol. The number of ether oxygens (including phenoxy) is 2. The fraction of sp³-hybridized carbons (Fsp3) is 0.429. The maximum Gasteiger partial charge on any atom is 0.415 e. The van der Waals surface area contributed by atoms with Gasteiger partial charge in [-0.3, -0.25) is 9.69 Å². The van der Waals surface area contributed by atoms with Crippen LogP contribution >= 0.6 is 0 Å². The first-order chi connectivity index (χ1) is 15.5. The van der Waals surface area contributed by atoms with Gasteiger partial charge < -0.3 is 25.2 Å². The van der Waals surface area contributed by atoms with E-state index < -0.39 is 18.3 Å². The highest BCUT2D eigenvalue weighted by atomic mass is 19.1. The molecule has 1 fully saturated rings. The van der Waals surface area contributed by atoms with E-state index in [0.717, 1.165) is 11.1 Å². The summed E-state index contributed by atoms with van der Waals surface area (Å²) in [5, 5.41) is 16.3.